The summed E-state index contributed by atoms with van der Waals surface area (Å²) >= 11 is 0. The Morgan fingerprint density at radius 2 is 1.72 bits per heavy atom. The number of ether oxygens (including phenoxy) is 1. The van der Waals surface area contributed by atoms with Crippen molar-refractivity contribution >= 4 is 31.5 Å². The minimum atomic E-state index is -3.83. The van der Waals surface area contributed by atoms with Gasteiger partial charge in [0.15, 0.2) is 9.84 Å². The highest BCUT2D eigenvalue weighted by atomic mass is 32.2. The smallest absolute Gasteiger partial charge is 0.255 e. The average molecular weight is 479 g/mol. The monoisotopic (exact) mass is 478 g/mol. The van der Waals surface area contributed by atoms with Crippen LogP contribution in [0.1, 0.15) is 16.1 Å². The standard InChI is InChI=1S/C21H22N2O7S2/c1-29-12-13-31(25,26)19-9-7-16(8-10-19)21(24)23-17-4-2-6-20(14-17)32(27,28)22-15-18-5-3-11-30-18/h2-11,14,22H,12-13,15H2,1H3,(H,23,24). The van der Waals surface area contributed by atoms with Crippen molar-refractivity contribution in [3.05, 3.63) is 78.3 Å². The lowest BCUT2D eigenvalue weighted by Crippen LogP contribution is -2.23. The van der Waals surface area contributed by atoms with E-state index in [-0.39, 0.29) is 39.9 Å². The van der Waals surface area contributed by atoms with Crippen molar-refractivity contribution in [1.29, 1.82) is 0 Å². The summed E-state index contributed by atoms with van der Waals surface area (Å²) in [4.78, 5) is 12.6. The predicted octanol–water partition coefficient (Wildman–Crippen LogP) is 2.43. The van der Waals surface area contributed by atoms with E-state index in [1.54, 1.807) is 18.2 Å². The molecule has 1 aromatic heterocycles. The molecule has 0 aliphatic carbocycles. The van der Waals surface area contributed by atoms with Crippen LogP contribution in [-0.2, 0) is 31.1 Å². The van der Waals surface area contributed by atoms with E-state index in [1.165, 1.54) is 55.8 Å². The van der Waals surface area contributed by atoms with Gasteiger partial charge >= 0.3 is 0 Å². The fourth-order valence-corrected chi connectivity index (χ4v) is 4.94. The normalized spacial score (nSPS) is 11.9. The van der Waals surface area contributed by atoms with Gasteiger partial charge in [-0.1, -0.05) is 6.07 Å². The number of hydrogen-bond donors (Lipinski definition) is 2. The quantitative estimate of drug-likeness (QED) is 0.457. The molecular formula is C21H22N2O7S2. The highest BCUT2D eigenvalue weighted by molar-refractivity contribution is 7.91. The summed E-state index contributed by atoms with van der Waals surface area (Å²) in [6.45, 7) is 0.0613. The zero-order valence-electron chi connectivity index (χ0n) is 17.1. The third kappa shape index (κ3) is 6.04. The first-order chi connectivity index (χ1) is 15.2. The Hall–Kier alpha value is -2.99. The molecular weight excluding hydrogens is 456 g/mol. The third-order valence-electron chi connectivity index (χ3n) is 4.45. The van der Waals surface area contributed by atoms with Crippen LogP contribution in [0.5, 0.6) is 0 Å². The van der Waals surface area contributed by atoms with Crippen molar-refractivity contribution in [2.24, 2.45) is 0 Å². The highest BCUT2D eigenvalue weighted by Crippen LogP contribution is 2.18. The zero-order valence-corrected chi connectivity index (χ0v) is 18.8. The molecule has 0 saturated heterocycles. The maximum Gasteiger partial charge on any atom is 0.255 e. The molecule has 9 nitrogen and oxygen atoms in total. The van der Waals surface area contributed by atoms with Crippen molar-refractivity contribution in [3.8, 4) is 0 Å². The molecule has 0 radical (unpaired) electrons. The van der Waals surface area contributed by atoms with Crippen LogP contribution in [0.25, 0.3) is 0 Å². The molecule has 3 aromatic rings. The lowest BCUT2D eigenvalue weighted by atomic mass is 10.2. The Morgan fingerprint density at radius 3 is 2.38 bits per heavy atom. The number of hydrogen-bond acceptors (Lipinski definition) is 7. The van der Waals surface area contributed by atoms with Crippen LogP contribution in [-0.4, -0.2) is 42.2 Å². The highest BCUT2D eigenvalue weighted by Gasteiger charge is 2.17. The van der Waals surface area contributed by atoms with Crippen LogP contribution in [0.4, 0.5) is 5.69 Å². The largest absolute Gasteiger partial charge is 0.468 e. The van der Waals surface area contributed by atoms with Crippen molar-refractivity contribution < 1.29 is 30.8 Å². The van der Waals surface area contributed by atoms with E-state index in [0.29, 0.717) is 5.76 Å². The van der Waals surface area contributed by atoms with Gasteiger partial charge in [-0.25, -0.2) is 21.6 Å². The molecule has 0 saturated carbocycles. The molecule has 0 fully saturated rings. The molecule has 0 unspecified atom stereocenters. The summed E-state index contributed by atoms with van der Waals surface area (Å²) < 4.78 is 61.7. The predicted molar refractivity (Wildman–Crippen MR) is 117 cm³/mol. The first-order valence-corrected chi connectivity index (χ1v) is 12.6. The van der Waals surface area contributed by atoms with Crippen LogP contribution in [0, 0.1) is 0 Å². The Labute approximate surface area is 186 Å². The van der Waals surface area contributed by atoms with Crippen LogP contribution >= 0.6 is 0 Å². The van der Waals surface area contributed by atoms with Gasteiger partial charge in [0.1, 0.15) is 5.76 Å². The first kappa shape index (κ1) is 23.7. The van der Waals surface area contributed by atoms with Gasteiger partial charge in [0.25, 0.3) is 5.91 Å². The minimum absolute atomic E-state index is 0.00838. The number of sulfonamides is 1. The summed E-state index contributed by atoms with van der Waals surface area (Å²) in [5.41, 5.74) is 0.493. The second-order valence-corrected chi connectivity index (χ2v) is 10.6. The molecule has 1 amide bonds. The molecule has 2 aromatic carbocycles. The Bertz CT molecular complexity index is 1270. The zero-order chi connectivity index (χ0) is 23.2. The van der Waals surface area contributed by atoms with Crippen molar-refractivity contribution in [3.63, 3.8) is 0 Å². The van der Waals surface area contributed by atoms with Gasteiger partial charge in [0.05, 0.1) is 35.0 Å². The minimum Gasteiger partial charge on any atom is -0.468 e. The topological polar surface area (TPSA) is 132 Å². The summed E-state index contributed by atoms with van der Waals surface area (Å²) in [5, 5.41) is 2.61. The van der Waals surface area contributed by atoms with E-state index in [1.807, 2.05) is 0 Å². The molecule has 1 heterocycles. The van der Waals surface area contributed by atoms with Crippen molar-refractivity contribution in [2.75, 3.05) is 24.8 Å². The number of carbonyl (C=O) groups is 1. The van der Waals surface area contributed by atoms with Crippen LogP contribution in [0.15, 0.2) is 81.1 Å². The SMILES string of the molecule is COCCS(=O)(=O)c1ccc(C(=O)Nc2cccc(S(=O)(=O)NCc3ccco3)c2)cc1. The molecule has 0 bridgehead atoms. The van der Waals surface area contributed by atoms with Gasteiger partial charge in [-0.2, -0.15) is 0 Å². The third-order valence-corrected chi connectivity index (χ3v) is 7.54. The summed E-state index contributed by atoms with van der Waals surface area (Å²) in [6.07, 6.45) is 1.45. The summed E-state index contributed by atoms with van der Waals surface area (Å²) in [6, 6.07) is 14.6. The van der Waals surface area contributed by atoms with Gasteiger partial charge < -0.3 is 14.5 Å². The second kappa shape index (κ2) is 10.1. The second-order valence-electron chi connectivity index (χ2n) is 6.72. The fourth-order valence-electron chi connectivity index (χ4n) is 2.73. The van der Waals surface area contributed by atoms with Gasteiger partial charge in [-0.05, 0) is 54.6 Å². The number of benzene rings is 2. The first-order valence-electron chi connectivity index (χ1n) is 9.46. The molecule has 3 rings (SSSR count). The Balaban J connectivity index is 1.69. The van der Waals surface area contributed by atoms with E-state index in [2.05, 4.69) is 10.0 Å². The van der Waals surface area contributed by atoms with Gasteiger partial charge in [0.2, 0.25) is 10.0 Å². The van der Waals surface area contributed by atoms with Crippen LogP contribution in [0.2, 0.25) is 0 Å². The van der Waals surface area contributed by atoms with E-state index in [4.69, 9.17) is 9.15 Å². The molecule has 170 valence electrons. The average Bonchev–Trinajstić information content (AvgIpc) is 3.30. The number of methoxy groups -OCH3 is 1. The van der Waals surface area contributed by atoms with Gasteiger partial charge in [-0.15, -0.1) is 0 Å². The van der Waals surface area contributed by atoms with Crippen molar-refractivity contribution in [1.82, 2.24) is 4.72 Å². The number of sulfone groups is 1. The summed E-state index contributed by atoms with van der Waals surface area (Å²) in [5.74, 6) is -0.209. The molecule has 0 aliphatic rings. The number of anilines is 1. The summed E-state index contributed by atoms with van der Waals surface area (Å²) in [7, 11) is -5.92. The molecule has 0 atom stereocenters. The van der Waals surface area contributed by atoms with Gasteiger partial charge in [0, 0.05) is 18.4 Å². The molecule has 0 spiro atoms. The van der Waals surface area contributed by atoms with Crippen LogP contribution < -0.4 is 10.0 Å². The van der Waals surface area contributed by atoms with Gasteiger partial charge in [-0.3, -0.25) is 4.79 Å². The lowest BCUT2D eigenvalue weighted by molar-refractivity contribution is 0.102. The number of nitrogens with one attached hydrogen (secondary N) is 2. The lowest BCUT2D eigenvalue weighted by Gasteiger charge is -2.10. The van der Waals surface area contributed by atoms with Crippen molar-refractivity contribution in [2.45, 2.75) is 16.3 Å². The Morgan fingerprint density at radius 1 is 0.969 bits per heavy atom. The van der Waals surface area contributed by atoms with E-state index < -0.39 is 25.8 Å². The van der Waals surface area contributed by atoms with Crippen LogP contribution in [0.3, 0.4) is 0 Å². The number of rotatable bonds is 10. The maximum absolute atomic E-state index is 12.5. The van der Waals surface area contributed by atoms with E-state index in [9.17, 15) is 21.6 Å². The molecule has 0 aliphatic heterocycles. The van der Waals surface area contributed by atoms with E-state index in [0.717, 1.165) is 0 Å². The number of amides is 1. The molecule has 11 heteroatoms. The van der Waals surface area contributed by atoms with E-state index >= 15 is 0 Å². The Kier molecular flexibility index (Phi) is 7.46. The maximum atomic E-state index is 12.5. The number of furan rings is 1. The molecule has 2 N–H and O–H groups in total. The number of carbonyl (C=O) groups excluding carboxylic acids is 1. The fraction of sp³-hybridized carbons (Fsp3) is 0.190. The molecule has 32 heavy (non-hydrogen) atoms.